The Hall–Kier alpha value is -2.80. The van der Waals surface area contributed by atoms with Crippen molar-refractivity contribution >= 4 is 46.9 Å². The lowest BCUT2D eigenvalue weighted by Gasteiger charge is -2.26. The molecular formula is C18H18BN3O3. The summed E-state index contributed by atoms with van der Waals surface area (Å²) in [5.41, 5.74) is 9.16. The maximum Gasteiger partial charge on any atom is 0.254 e. The summed E-state index contributed by atoms with van der Waals surface area (Å²) in [5.74, 6) is -0.466. The molecule has 3 aromatic rings. The molecule has 4 rings (SSSR count). The van der Waals surface area contributed by atoms with E-state index in [1.807, 2.05) is 32.1 Å². The number of hydrogen-bond acceptors (Lipinski definition) is 3. The molecule has 7 heteroatoms. The van der Waals surface area contributed by atoms with Gasteiger partial charge in [-0.1, -0.05) is 17.6 Å². The highest BCUT2D eigenvalue weighted by atomic mass is 16.5. The van der Waals surface area contributed by atoms with Crippen molar-refractivity contribution in [1.82, 2.24) is 9.88 Å². The van der Waals surface area contributed by atoms with Gasteiger partial charge in [0.15, 0.2) is 0 Å². The second kappa shape index (κ2) is 5.93. The molecule has 0 unspecified atom stereocenters. The Morgan fingerprint density at radius 2 is 1.88 bits per heavy atom. The molecule has 2 heterocycles. The molecule has 0 saturated carbocycles. The van der Waals surface area contributed by atoms with Gasteiger partial charge >= 0.3 is 0 Å². The topological polar surface area (TPSA) is 88.4 Å². The number of nitrogens with one attached hydrogen (secondary N) is 1. The number of ether oxygens (including phenoxy) is 1. The van der Waals surface area contributed by atoms with Crippen LogP contribution in [0, 0.1) is 0 Å². The quantitative estimate of drug-likeness (QED) is 0.654. The Bertz CT molecular complexity index is 1010. The highest BCUT2D eigenvalue weighted by Gasteiger charge is 2.20. The van der Waals surface area contributed by atoms with Gasteiger partial charge in [-0.2, -0.15) is 0 Å². The Labute approximate surface area is 145 Å². The molecule has 25 heavy (non-hydrogen) atoms. The molecule has 3 N–H and O–H groups in total. The van der Waals surface area contributed by atoms with Crippen LogP contribution in [-0.4, -0.2) is 55.8 Å². The minimum atomic E-state index is -0.468. The molecule has 1 aliphatic heterocycles. The van der Waals surface area contributed by atoms with E-state index in [9.17, 15) is 9.59 Å². The third kappa shape index (κ3) is 2.66. The number of carbonyl (C=O) groups excluding carboxylic acids is 2. The maximum atomic E-state index is 12.7. The Morgan fingerprint density at radius 3 is 2.60 bits per heavy atom. The normalized spacial score (nSPS) is 15.0. The smallest absolute Gasteiger partial charge is 0.254 e. The van der Waals surface area contributed by atoms with E-state index in [2.05, 4.69) is 4.98 Å². The monoisotopic (exact) mass is 335 g/mol. The minimum absolute atomic E-state index is 0.00216. The van der Waals surface area contributed by atoms with Crippen molar-refractivity contribution in [2.75, 3.05) is 26.3 Å². The first-order valence-corrected chi connectivity index (χ1v) is 8.27. The largest absolute Gasteiger partial charge is 0.378 e. The van der Waals surface area contributed by atoms with Gasteiger partial charge in [0.05, 0.1) is 24.3 Å². The Balaban J connectivity index is 1.86. The fourth-order valence-corrected chi connectivity index (χ4v) is 3.42. The number of carbonyl (C=O) groups is 2. The third-order valence-corrected chi connectivity index (χ3v) is 4.66. The summed E-state index contributed by atoms with van der Waals surface area (Å²) in [6.45, 7) is 2.36. The van der Waals surface area contributed by atoms with E-state index in [1.165, 1.54) is 0 Å². The van der Waals surface area contributed by atoms with Crippen LogP contribution in [0.25, 0.3) is 21.8 Å². The number of hydrogen-bond donors (Lipinski definition) is 2. The molecule has 2 amide bonds. The number of benzene rings is 2. The number of aromatic nitrogens is 1. The lowest BCUT2D eigenvalue weighted by molar-refractivity contribution is 0.0303. The van der Waals surface area contributed by atoms with E-state index in [-0.39, 0.29) is 5.91 Å². The summed E-state index contributed by atoms with van der Waals surface area (Å²) in [4.78, 5) is 29.5. The standard InChI is InChI=1S/C18H18BN3O3/c19-11-8-13-12-7-10(18(24)22-3-5-25-6-4-22)1-2-15(12)21-16(13)14(9-11)17(20)23/h1-2,7-9,21H,3-6,19H2,(H2,20,23). The van der Waals surface area contributed by atoms with Crippen molar-refractivity contribution in [3.8, 4) is 0 Å². The van der Waals surface area contributed by atoms with E-state index >= 15 is 0 Å². The van der Waals surface area contributed by atoms with Gasteiger partial charge in [0, 0.05) is 34.9 Å². The number of nitrogens with zero attached hydrogens (tertiary/aromatic N) is 1. The number of aromatic amines is 1. The second-order valence-electron chi connectivity index (χ2n) is 6.39. The van der Waals surface area contributed by atoms with Crippen molar-refractivity contribution in [2.45, 2.75) is 0 Å². The number of amides is 2. The predicted molar refractivity (Wildman–Crippen MR) is 99.2 cm³/mol. The predicted octanol–water partition coefficient (Wildman–Crippen LogP) is 0.151. The van der Waals surface area contributed by atoms with Gasteiger partial charge in [-0.3, -0.25) is 9.59 Å². The van der Waals surface area contributed by atoms with Gasteiger partial charge in [0.25, 0.3) is 11.8 Å². The number of primary amides is 1. The van der Waals surface area contributed by atoms with Crippen LogP contribution in [0.15, 0.2) is 30.3 Å². The molecule has 0 atom stereocenters. The number of nitrogens with two attached hydrogens (primary N) is 1. The number of morpholine rings is 1. The lowest BCUT2D eigenvalue weighted by Crippen LogP contribution is -2.40. The summed E-state index contributed by atoms with van der Waals surface area (Å²) >= 11 is 0. The summed E-state index contributed by atoms with van der Waals surface area (Å²) in [6, 6.07) is 9.36. The molecule has 0 radical (unpaired) electrons. The van der Waals surface area contributed by atoms with Crippen molar-refractivity contribution in [3.05, 3.63) is 41.5 Å². The van der Waals surface area contributed by atoms with E-state index in [1.54, 1.807) is 11.0 Å². The first kappa shape index (κ1) is 15.7. The average Bonchev–Trinajstić information content (AvgIpc) is 2.98. The van der Waals surface area contributed by atoms with E-state index < -0.39 is 5.91 Å². The molecule has 126 valence electrons. The molecule has 1 aromatic heterocycles. The third-order valence-electron chi connectivity index (χ3n) is 4.66. The zero-order chi connectivity index (χ0) is 17.6. The van der Waals surface area contributed by atoms with Crippen molar-refractivity contribution in [2.24, 2.45) is 5.73 Å². The Kier molecular flexibility index (Phi) is 3.73. The van der Waals surface area contributed by atoms with Gasteiger partial charge in [-0.05, 0) is 18.2 Å². The molecule has 0 spiro atoms. The lowest BCUT2D eigenvalue weighted by atomic mass is 9.91. The van der Waals surface area contributed by atoms with E-state index in [0.717, 1.165) is 21.8 Å². The van der Waals surface area contributed by atoms with Crippen LogP contribution < -0.4 is 11.2 Å². The molecule has 1 fully saturated rings. The van der Waals surface area contributed by atoms with Crippen LogP contribution in [0.5, 0.6) is 0 Å². The van der Waals surface area contributed by atoms with E-state index in [4.69, 9.17) is 10.5 Å². The van der Waals surface area contributed by atoms with Gasteiger partial charge in [0.1, 0.15) is 7.85 Å². The molecule has 2 aromatic carbocycles. The van der Waals surface area contributed by atoms with Gasteiger partial charge in [-0.25, -0.2) is 0 Å². The maximum absolute atomic E-state index is 12.7. The molecule has 1 saturated heterocycles. The van der Waals surface area contributed by atoms with Gasteiger partial charge in [-0.15, -0.1) is 0 Å². The van der Waals surface area contributed by atoms with Crippen LogP contribution in [0.1, 0.15) is 20.7 Å². The summed E-state index contributed by atoms with van der Waals surface area (Å²) in [7, 11) is 1.92. The average molecular weight is 335 g/mol. The fraction of sp³-hybridized carbons (Fsp3) is 0.222. The van der Waals surface area contributed by atoms with Gasteiger partial charge in [0.2, 0.25) is 0 Å². The molecule has 6 nitrogen and oxygen atoms in total. The Morgan fingerprint density at radius 1 is 1.12 bits per heavy atom. The summed E-state index contributed by atoms with van der Waals surface area (Å²) in [5, 5.41) is 1.82. The highest BCUT2D eigenvalue weighted by molar-refractivity contribution is 6.35. The van der Waals surface area contributed by atoms with Crippen molar-refractivity contribution in [1.29, 1.82) is 0 Å². The molecule has 0 aliphatic carbocycles. The number of fused-ring (bicyclic) bond motifs is 3. The van der Waals surface area contributed by atoms with Gasteiger partial charge < -0.3 is 20.4 Å². The first-order chi connectivity index (χ1) is 12.0. The number of rotatable bonds is 2. The molecule has 0 bridgehead atoms. The SMILES string of the molecule is Bc1cc(C(N)=O)c2[nH]c3ccc(C(=O)N4CCOCC4)cc3c2c1. The van der Waals surface area contributed by atoms with Crippen LogP contribution in [0.2, 0.25) is 0 Å². The van der Waals surface area contributed by atoms with Crippen LogP contribution >= 0.6 is 0 Å². The van der Waals surface area contributed by atoms with Crippen LogP contribution in [0.3, 0.4) is 0 Å². The number of H-pyrrole nitrogens is 1. The molecule has 1 aliphatic rings. The van der Waals surface area contributed by atoms with Crippen molar-refractivity contribution in [3.63, 3.8) is 0 Å². The first-order valence-electron chi connectivity index (χ1n) is 8.27. The fourth-order valence-electron chi connectivity index (χ4n) is 3.42. The second-order valence-corrected chi connectivity index (χ2v) is 6.39. The van der Waals surface area contributed by atoms with E-state index in [0.29, 0.717) is 42.9 Å². The van der Waals surface area contributed by atoms with Crippen LogP contribution in [0.4, 0.5) is 0 Å². The minimum Gasteiger partial charge on any atom is -0.378 e. The zero-order valence-electron chi connectivity index (χ0n) is 14.0. The highest BCUT2D eigenvalue weighted by Crippen LogP contribution is 2.28. The summed E-state index contributed by atoms with van der Waals surface area (Å²) in [6.07, 6.45) is 0. The zero-order valence-corrected chi connectivity index (χ0v) is 14.0. The summed E-state index contributed by atoms with van der Waals surface area (Å²) < 4.78 is 5.31. The van der Waals surface area contributed by atoms with Crippen LogP contribution in [-0.2, 0) is 4.74 Å². The van der Waals surface area contributed by atoms with Crippen molar-refractivity contribution < 1.29 is 14.3 Å². The molecular weight excluding hydrogens is 317 g/mol.